The molecule has 0 spiro atoms. The van der Waals surface area contributed by atoms with Gasteiger partial charge in [0.15, 0.2) is 12.3 Å². The van der Waals surface area contributed by atoms with Gasteiger partial charge in [0.1, 0.15) is 24.1 Å². The van der Waals surface area contributed by atoms with E-state index in [0.717, 1.165) is 4.90 Å². The molecule has 0 unspecified atom stereocenters. The number of hydrogen-bond acceptors (Lipinski definition) is 7. The molecule has 0 radical (unpaired) electrons. The van der Waals surface area contributed by atoms with E-state index in [4.69, 9.17) is 15.1 Å². The highest BCUT2D eigenvalue weighted by molar-refractivity contribution is 6.07. The van der Waals surface area contributed by atoms with Crippen LogP contribution in [-0.4, -0.2) is 80.7 Å². The van der Waals surface area contributed by atoms with E-state index in [2.05, 4.69) is 4.99 Å². The molecule has 0 aromatic heterocycles. The van der Waals surface area contributed by atoms with Crippen LogP contribution < -0.4 is 0 Å². The molecule has 0 aromatic carbocycles. The van der Waals surface area contributed by atoms with Crippen molar-refractivity contribution < 1.29 is 24.9 Å². The van der Waals surface area contributed by atoms with Crippen LogP contribution in [-0.2, 0) is 4.74 Å². The normalized spacial score (nSPS) is 38.5. The van der Waals surface area contributed by atoms with Gasteiger partial charge in [-0.2, -0.15) is 5.26 Å². The molecule has 9 heteroatoms. The first kappa shape index (κ1) is 14.0. The van der Waals surface area contributed by atoms with Crippen LogP contribution >= 0.6 is 0 Å². The summed E-state index contributed by atoms with van der Waals surface area (Å²) < 4.78 is 5.32. The lowest BCUT2D eigenvalue weighted by molar-refractivity contribution is -0.0675. The van der Waals surface area contributed by atoms with Crippen molar-refractivity contribution in [1.82, 2.24) is 9.80 Å². The molecule has 3 rings (SSSR count). The van der Waals surface area contributed by atoms with Crippen LogP contribution in [0.1, 0.15) is 0 Å². The fourth-order valence-electron chi connectivity index (χ4n) is 2.57. The maximum Gasteiger partial charge on any atom is 0.331 e. The number of fused-ring (bicyclic) bond motifs is 1. The van der Waals surface area contributed by atoms with Crippen LogP contribution in [0.5, 0.6) is 0 Å². The minimum absolute atomic E-state index is 0.139. The van der Waals surface area contributed by atoms with E-state index in [9.17, 15) is 15.0 Å². The number of carbonyl (C=O) groups excluding carboxylic acids is 1. The van der Waals surface area contributed by atoms with Gasteiger partial charge >= 0.3 is 6.03 Å². The van der Waals surface area contributed by atoms with Crippen molar-refractivity contribution in [2.45, 2.75) is 30.6 Å². The third kappa shape index (κ3) is 2.09. The van der Waals surface area contributed by atoms with Crippen molar-refractivity contribution in [3.8, 4) is 6.07 Å². The molecule has 0 aliphatic carbocycles. The van der Waals surface area contributed by atoms with Crippen LogP contribution in [0.3, 0.4) is 0 Å². The predicted octanol–water partition coefficient (Wildman–Crippen LogP) is -2.02. The number of aliphatic imine (C=N–C) groups is 1. The van der Waals surface area contributed by atoms with Gasteiger partial charge < -0.3 is 20.1 Å². The third-order valence-corrected chi connectivity index (χ3v) is 3.70. The van der Waals surface area contributed by atoms with Gasteiger partial charge in [-0.3, -0.25) is 9.80 Å². The zero-order chi connectivity index (χ0) is 15.1. The van der Waals surface area contributed by atoms with E-state index in [-0.39, 0.29) is 6.54 Å². The number of amidine groups is 1. The molecule has 0 bridgehead atoms. The van der Waals surface area contributed by atoms with Gasteiger partial charge in [0, 0.05) is 6.20 Å². The molecule has 9 nitrogen and oxygen atoms in total. The second-order valence-electron chi connectivity index (χ2n) is 4.98. The zero-order valence-corrected chi connectivity index (χ0v) is 10.9. The van der Waals surface area contributed by atoms with Crippen molar-refractivity contribution in [3.05, 3.63) is 12.3 Å². The first-order chi connectivity index (χ1) is 10.1. The monoisotopic (exact) mass is 294 g/mol. The largest absolute Gasteiger partial charge is 0.394 e. The van der Waals surface area contributed by atoms with Crippen LogP contribution in [0, 0.1) is 11.3 Å². The Hall–Kier alpha value is -1.99. The van der Waals surface area contributed by atoms with Crippen LogP contribution in [0.2, 0.25) is 0 Å². The maximum absolute atomic E-state index is 12.4. The van der Waals surface area contributed by atoms with E-state index < -0.39 is 43.2 Å². The number of urea groups is 1. The number of carbonyl (C=O) groups is 1. The summed E-state index contributed by atoms with van der Waals surface area (Å²) in [4.78, 5) is 18.9. The Morgan fingerprint density at radius 2 is 2.24 bits per heavy atom. The summed E-state index contributed by atoms with van der Waals surface area (Å²) in [7, 11) is 0. The molecule has 5 atom stereocenters. The maximum atomic E-state index is 12.4. The summed E-state index contributed by atoms with van der Waals surface area (Å²) in [5.74, 6) is 0.384. The molecule has 3 heterocycles. The molecule has 3 aliphatic rings. The average molecular weight is 294 g/mol. The highest BCUT2D eigenvalue weighted by Gasteiger charge is 2.48. The standard InChI is InChI=1S/C12H14N4O5/c13-3-6-4-16-8(14-6)1-2-15(12(16)20)11-10(19)9(18)7(5-17)21-11/h1-2,6-7,9-11,17-19H,4-5H2/t6-,7+,9+,10+,11+/m0/s1. The predicted molar refractivity (Wildman–Crippen MR) is 67.7 cm³/mol. The van der Waals surface area contributed by atoms with Gasteiger partial charge in [-0.1, -0.05) is 0 Å². The summed E-state index contributed by atoms with van der Waals surface area (Å²) in [5.41, 5.74) is 0. The number of nitriles is 1. The number of aliphatic hydroxyl groups is 3. The second kappa shape index (κ2) is 5.09. The molecule has 0 aromatic rings. The van der Waals surface area contributed by atoms with E-state index in [0.29, 0.717) is 5.84 Å². The molecular weight excluding hydrogens is 280 g/mol. The molecule has 2 amide bonds. The molecule has 0 saturated carbocycles. The molecule has 3 aliphatic heterocycles. The van der Waals surface area contributed by atoms with Gasteiger partial charge in [-0.05, 0) is 6.08 Å². The summed E-state index contributed by atoms with van der Waals surface area (Å²) in [6, 6.07) is 0.861. The average Bonchev–Trinajstić information content (AvgIpc) is 3.03. The lowest BCUT2D eigenvalue weighted by atomic mass is 10.1. The Morgan fingerprint density at radius 3 is 2.86 bits per heavy atom. The number of aliphatic hydroxyl groups excluding tert-OH is 3. The number of nitrogens with zero attached hydrogens (tertiary/aromatic N) is 4. The lowest BCUT2D eigenvalue weighted by Crippen LogP contribution is -2.53. The first-order valence-corrected chi connectivity index (χ1v) is 6.44. The van der Waals surface area contributed by atoms with Gasteiger partial charge in [-0.15, -0.1) is 0 Å². The van der Waals surface area contributed by atoms with Crippen molar-refractivity contribution >= 4 is 11.9 Å². The fraction of sp³-hybridized carbons (Fsp3) is 0.583. The van der Waals surface area contributed by atoms with Gasteiger partial charge in [-0.25, -0.2) is 9.79 Å². The van der Waals surface area contributed by atoms with E-state index in [1.165, 1.54) is 17.2 Å². The number of ether oxygens (including phenoxy) is 1. The first-order valence-electron chi connectivity index (χ1n) is 6.44. The highest BCUT2D eigenvalue weighted by atomic mass is 16.6. The van der Waals surface area contributed by atoms with E-state index in [1.807, 2.05) is 6.07 Å². The fourth-order valence-corrected chi connectivity index (χ4v) is 2.57. The summed E-state index contributed by atoms with van der Waals surface area (Å²) in [6.45, 7) is -0.326. The number of amides is 2. The quantitative estimate of drug-likeness (QED) is 0.539. The van der Waals surface area contributed by atoms with Gasteiger partial charge in [0.25, 0.3) is 0 Å². The van der Waals surface area contributed by atoms with E-state index >= 15 is 0 Å². The number of rotatable bonds is 2. The summed E-state index contributed by atoms with van der Waals surface area (Å²) in [6.07, 6.45) is -1.73. The Balaban J connectivity index is 1.81. The van der Waals surface area contributed by atoms with Crippen molar-refractivity contribution in [1.29, 1.82) is 5.26 Å². The summed E-state index contributed by atoms with van der Waals surface area (Å²) in [5, 5.41) is 37.6. The van der Waals surface area contributed by atoms with Crippen molar-refractivity contribution in [2.24, 2.45) is 4.99 Å². The molecule has 112 valence electrons. The van der Waals surface area contributed by atoms with Crippen LogP contribution in [0.4, 0.5) is 4.79 Å². The second-order valence-corrected chi connectivity index (χ2v) is 4.98. The zero-order valence-electron chi connectivity index (χ0n) is 10.9. The molecular formula is C12H14N4O5. The third-order valence-electron chi connectivity index (χ3n) is 3.70. The number of hydrogen-bond donors (Lipinski definition) is 3. The molecule has 1 fully saturated rings. The van der Waals surface area contributed by atoms with E-state index in [1.54, 1.807) is 0 Å². The Labute approximate surface area is 120 Å². The Morgan fingerprint density at radius 1 is 1.48 bits per heavy atom. The van der Waals surface area contributed by atoms with Crippen molar-refractivity contribution in [2.75, 3.05) is 13.2 Å². The minimum atomic E-state index is -1.33. The molecule has 3 N–H and O–H groups in total. The van der Waals surface area contributed by atoms with Gasteiger partial charge in [0.2, 0.25) is 0 Å². The van der Waals surface area contributed by atoms with Gasteiger partial charge in [0.05, 0.1) is 19.2 Å². The molecule has 21 heavy (non-hydrogen) atoms. The SMILES string of the molecule is N#C[C@H]1CN2C(=O)N([C@@H]3O[C@H](CO)[C@@H](O)[C@H]3O)C=CC2=N1. The highest BCUT2D eigenvalue weighted by Crippen LogP contribution is 2.28. The van der Waals surface area contributed by atoms with Crippen LogP contribution in [0.15, 0.2) is 17.3 Å². The summed E-state index contributed by atoms with van der Waals surface area (Å²) >= 11 is 0. The van der Waals surface area contributed by atoms with Crippen LogP contribution in [0.25, 0.3) is 0 Å². The lowest BCUT2D eigenvalue weighted by Gasteiger charge is -2.33. The van der Waals surface area contributed by atoms with Crippen molar-refractivity contribution in [3.63, 3.8) is 0 Å². The topological polar surface area (TPSA) is 130 Å². The Kier molecular flexibility index (Phi) is 3.38. The smallest absolute Gasteiger partial charge is 0.331 e. The minimum Gasteiger partial charge on any atom is -0.394 e. The molecule has 1 saturated heterocycles. The Bertz CT molecular complexity index is 556.